The summed E-state index contributed by atoms with van der Waals surface area (Å²) in [5, 5.41) is 6.91. The molecule has 3 aromatic carbocycles. The number of nitrogens with one attached hydrogen (secondary N) is 2. The summed E-state index contributed by atoms with van der Waals surface area (Å²) in [5.74, 6) is 3.89. The molecular weight excluding hydrogens is 424 g/mol. The number of ether oxygens (including phenoxy) is 2. The van der Waals surface area contributed by atoms with Crippen molar-refractivity contribution in [1.29, 1.82) is 0 Å². The molecule has 5 nitrogen and oxygen atoms in total. The summed E-state index contributed by atoms with van der Waals surface area (Å²) < 4.78 is 11.3. The fourth-order valence-electron chi connectivity index (χ4n) is 6.94. The predicted octanol–water partition coefficient (Wildman–Crippen LogP) is 6.01. The highest BCUT2D eigenvalue weighted by Crippen LogP contribution is 2.63. The molecule has 3 aromatic rings. The number of anilines is 2. The van der Waals surface area contributed by atoms with Crippen LogP contribution in [0.3, 0.4) is 0 Å². The third-order valence-corrected chi connectivity index (χ3v) is 8.31. The quantitative estimate of drug-likeness (QED) is 0.511. The zero-order valence-corrected chi connectivity index (χ0v) is 19.0. The standard InChI is InChI=1S/C29H28N2O3/c32-29(30-21-9-11-24-25(16-21)34-13-12-33-24)20-8-10-23-22(15-20)26-18-6-7-19(14-18)27(26)28(31-23)17-4-2-1-3-5-17/h1-5,8-11,15-16,18-19,26-28,31H,6-7,12-14H2,(H,30,32)/t18-,19+,26+,27+,28+/m0/s1. The Labute approximate surface area is 199 Å². The Bertz CT molecular complexity index is 1260. The maximum atomic E-state index is 13.2. The van der Waals surface area contributed by atoms with Crippen LogP contribution in [0.2, 0.25) is 0 Å². The van der Waals surface area contributed by atoms with Gasteiger partial charge in [-0.2, -0.15) is 0 Å². The number of carbonyl (C=O) groups excluding carboxylic acids is 1. The van der Waals surface area contributed by atoms with Gasteiger partial charge < -0.3 is 20.1 Å². The lowest BCUT2D eigenvalue weighted by atomic mass is 9.68. The highest BCUT2D eigenvalue weighted by Gasteiger charge is 2.53. The molecule has 2 N–H and O–H groups in total. The van der Waals surface area contributed by atoms with Crippen LogP contribution in [0, 0.1) is 17.8 Å². The van der Waals surface area contributed by atoms with E-state index in [1.165, 1.54) is 36.1 Å². The zero-order chi connectivity index (χ0) is 22.6. The van der Waals surface area contributed by atoms with Crippen molar-refractivity contribution in [1.82, 2.24) is 0 Å². The molecule has 2 heterocycles. The molecule has 172 valence electrons. The minimum atomic E-state index is -0.0932. The second-order valence-electron chi connectivity index (χ2n) is 10.1. The van der Waals surface area contributed by atoms with Crippen molar-refractivity contribution in [2.75, 3.05) is 23.8 Å². The number of amides is 1. The molecule has 2 bridgehead atoms. The molecule has 0 spiro atoms. The van der Waals surface area contributed by atoms with Gasteiger partial charge in [0.1, 0.15) is 13.2 Å². The number of carbonyl (C=O) groups is 1. The fourth-order valence-corrected chi connectivity index (χ4v) is 6.94. The lowest BCUT2D eigenvalue weighted by Gasteiger charge is -2.43. The van der Waals surface area contributed by atoms with Crippen LogP contribution >= 0.6 is 0 Å². The lowest BCUT2D eigenvalue weighted by molar-refractivity contribution is 0.102. The van der Waals surface area contributed by atoms with Crippen LogP contribution in [0.1, 0.15) is 52.7 Å². The van der Waals surface area contributed by atoms with E-state index in [4.69, 9.17) is 9.47 Å². The van der Waals surface area contributed by atoms with Crippen LogP contribution < -0.4 is 20.1 Å². The first-order valence-corrected chi connectivity index (χ1v) is 12.4. The van der Waals surface area contributed by atoms with Crippen LogP contribution in [-0.2, 0) is 0 Å². The van der Waals surface area contributed by atoms with Gasteiger partial charge in [0, 0.05) is 23.0 Å². The summed E-state index contributed by atoms with van der Waals surface area (Å²) in [5.41, 5.74) is 5.29. The summed E-state index contributed by atoms with van der Waals surface area (Å²) >= 11 is 0. The number of hydrogen-bond donors (Lipinski definition) is 2. The SMILES string of the molecule is O=C(Nc1ccc2c(c1)OCCO2)c1ccc2c(c1)[C@H]1[C@H]3CC[C@H](C3)[C@H]1[C@@H](c1ccccc1)N2. The molecular formula is C29H28N2O3. The van der Waals surface area contributed by atoms with Gasteiger partial charge in [-0.1, -0.05) is 30.3 Å². The van der Waals surface area contributed by atoms with Gasteiger partial charge in [0.25, 0.3) is 5.91 Å². The lowest BCUT2D eigenvalue weighted by Crippen LogP contribution is -2.35. The average Bonchev–Trinajstić information content (AvgIpc) is 3.51. The molecule has 0 saturated heterocycles. The fraction of sp³-hybridized carbons (Fsp3) is 0.345. The van der Waals surface area contributed by atoms with E-state index in [0.29, 0.717) is 48.1 Å². The van der Waals surface area contributed by atoms with E-state index in [9.17, 15) is 4.79 Å². The third kappa shape index (κ3) is 3.17. The Morgan fingerprint density at radius 3 is 2.59 bits per heavy atom. The van der Waals surface area contributed by atoms with Crippen molar-refractivity contribution in [3.63, 3.8) is 0 Å². The summed E-state index contributed by atoms with van der Waals surface area (Å²) in [4.78, 5) is 13.2. The molecule has 0 aromatic heterocycles. The Balaban J connectivity index is 1.20. The molecule has 7 rings (SSSR count). The van der Waals surface area contributed by atoms with Gasteiger partial charge in [0.15, 0.2) is 11.5 Å². The van der Waals surface area contributed by atoms with Crippen molar-refractivity contribution in [2.45, 2.75) is 31.2 Å². The van der Waals surface area contributed by atoms with Gasteiger partial charge in [-0.3, -0.25) is 4.79 Å². The highest BCUT2D eigenvalue weighted by molar-refractivity contribution is 6.05. The first-order valence-electron chi connectivity index (χ1n) is 12.4. The normalized spacial score (nSPS) is 27.9. The molecule has 5 heteroatoms. The number of benzene rings is 3. The molecule has 0 radical (unpaired) electrons. The monoisotopic (exact) mass is 452 g/mol. The van der Waals surface area contributed by atoms with E-state index < -0.39 is 0 Å². The van der Waals surface area contributed by atoms with Gasteiger partial charge >= 0.3 is 0 Å². The second-order valence-corrected chi connectivity index (χ2v) is 10.1. The van der Waals surface area contributed by atoms with Crippen LogP contribution in [-0.4, -0.2) is 19.1 Å². The number of hydrogen-bond acceptors (Lipinski definition) is 4. The molecule has 5 atom stereocenters. The van der Waals surface area contributed by atoms with E-state index in [1.54, 1.807) is 0 Å². The molecule has 4 aliphatic rings. The van der Waals surface area contributed by atoms with Gasteiger partial charge in [0.2, 0.25) is 0 Å². The maximum Gasteiger partial charge on any atom is 0.255 e. The van der Waals surface area contributed by atoms with Crippen molar-refractivity contribution < 1.29 is 14.3 Å². The zero-order valence-electron chi connectivity index (χ0n) is 19.0. The average molecular weight is 453 g/mol. The summed E-state index contributed by atoms with van der Waals surface area (Å²) in [6.07, 6.45) is 3.95. The van der Waals surface area contributed by atoms with Gasteiger partial charge in [-0.05, 0) is 84.4 Å². The smallest absolute Gasteiger partial charge is 0.255 e. The van der Waals surface area contributed by atoms with Gasteiger partial charge in [-0.15, -0.1) is 0 Å². The topological polar surface area (TPSA) is 59.6 Å². The second kappa shape index (κ2) is 7.79. The summed E-state index contributed by atoms with van der Waals surface area (Å²) in [7, 11) is 0. The summed E-state index contributed by atoms with van der Waals surface area (Å²) in [6.45, 7) is 1.08. The maximum absolute atomic E-state index is 13.2. The van der Waals surface area contributed by atoms with E-state index >= 15 is 0 Å². The van der Waals surface area contributed by atoms with Crippen molar-refractivity contribution in [3.05, 3.63) is 83.4 Å². The molecule has 2 aliphatic carbocycles. The molecule has 34 heavy (non-hydrogen) atoms. The Kier molecular flexibility index (Phi) is 4.57. The van der Waals surface area contributed by atoms with Gasteiger partial charge in [-0.25, -0.2) is 0 Å². The van der Waals surface area contributed by atoms with Crippen molar-refractivity contribution in [2.24, 2.45) is 17.8 Å². The molecule has 0 unspecified atom stereocenters. The molecule has 2 aliphatic heterocycles. The minimum absolute atomic E-state index is 0.0932. The van der Waals surface area contributed by atoms with E-state index in [-0.39, 0.29) is 5.91 Å². The Hall–Kier alpha value is -3.47. The van der Waals surface area contributed by atoms with Gasteiger partial charge in [0.05, 0.1) is 6.04 Å². The largest absolute Gasteiger partial charge is 0.486 e. The molecule has 1 amide bonds. The molecule has 2 saturated carbocycles. The van der Waals surface area contributed by atoms with Crippen LogP contribution in [0.15, 0.2) is 66.7 Å². The molecule has 2 fully saturated rings. The van der Waals surface area contributed by atoms with Crippen molar-refractivity contribution >= 4 is 17.3 Å². The Morgan fingerprint density at radius 1 is 0.882 bits per heavy atom. The van der Waals surface area contributed by atoms with E-state index in [2.05, 4.69) is 53.1 Å². The minimum Gasteiger partial charge on any atom is -0.486 e. The van der Waals surface area contributed by atoms with Crippen LogP contribution in [0.25, 0.3) is 0 Å². The number of fused-ring (bicyclic) bond motifs is 8. The number of rotatable bonds is 3. The third-order valence-electron chi connectivity index (χ3n) is 8.31. The first kappa shape index (κ1) is 20.0. The van der Waals surface area contributed by atoms with E-state index in [0.717, 1.165) is 17.6 Å². The van der Waals surface area contributed by atoms with Crippen LogP contribution in [0.5, 0.6) is 11.5 Å². The first-order chi connectivity index (χ1) is 16.7. The highest BCUT2D eigenvalue weighted by atomic mass is 16.6. The Morgan fingerprint density at radius 2 is 1.71 bits per heavy atom. The summed E-state index contributed by atoms with van der Waals surface area (Å²) in [6, 6.07) is 22.9. The predicted molar refractivity (Wildman–Crippen MR) is 132 cm³/mol. The van der Waals surface area contributed by atoms with Crippen LogP contribution in [0.4, 0.5) is 11.4 Å². The van der Waals surface area contributed by atoms with E-state index in [1.807, 2.05) is 24.3 Å². The van der Waals surface area contributed by atoms with Crippen molar-refractivity contribution in [3.8, 4) is 11.5 Å².